The first-order valence-corrected chi connectivity index (χ1v) is 10.1. The first kappa shape index (κ1) is 21.5. The molecule has 7 nitrogen and oxygen atoms in total. The van der Waals surface area contributed by atoms with E-state index < -0.39 is 0 Å². The Labute approximate surface area is 185 Å². The summed E-state index contributed by atoms with van der Waals surface area (Å²) in [6, 6.07) is 9.90. The number of aromatic nitrogens is 3. The van der Waals surface area contributed by atoms with Crippen LogP contribution in [0.1, 0.15) is 5.56 Å². The minimum absolute atomic E-state index is 0.118. The molecule has 0 saturated carbocycles. The van der Waals surface area contributed by atoms with Crippen molar-refractivity contribution in [3.8, 4) is 11.6 Å². The molecule has 0 atom stereocenters. The average molecular weight is 433 g/mol. The predicted octanol–water partition coefficient (Wildman–Crippen LogP) is 4.20. The van der Waals surface area contributed by atoms with Gasteiger partial charge < -0.3 is 14.5 Å². The molecular weight excluding hydrogens is 409 g/mol. The summed E-state index contributed by atoms with van der Waals surface area (Å²) in [7, 11) is 5.62. The zero-order valence-electron chi connectivity index (χ0n) is 18.4. The summed E-state index contributed by atoms with van der Waals surface area (Å²) >= 11 is 0. The smallest absolute Gasteiger partial charge is 0.250 e. The molecule has 4 aromatic rings. The van der Waals surface area contributed by atoms with E-state index in [1.165, 1.54) is 12.1 Å². The number of likely N-dealkylation sites (N-methyl/N-ethyl adjacent to an activating group) is 2. The lowest BCUT2D eigenvalue weighted by molar-refractivity contribution is -0.113. The van der Waals surface area contributed by atoms with Gasteiger partial charge in [-0.15, -0.1) is 0 Å². The lowest BCUT2D eigenvalue weighted by Crippen LogP contribution is -2.24. The van der Waals surface area contributed by atoms with Crippen molar-refractivity contribution in [3.05, 3.63) is 72.5 Å². The van der Waals surface area contributed by atoms with Crippen molar-refractivity contribution in [1.82, 2.24) is 19.3 Å². The maximum absolute atomic E-state index is 13.4. The van der Waals surface area contributed by atoms with E-state index in [9.17, 15) is 9.18 Å². The summed E-state index contributed by atoms with van der Waals surface area (Å²) < 4.78 is 21.3. The molecule has 0 unspecified atom stereocenters. The molecule has 164 valence electrons. The number of amides is 1. The van der Waals surface area contributed by atoms with Crippen LogP contribution in [0.15, 0.2) is 61.1 Å². The molecule has 0 aliphatic rings. The number of ether oxygens (including phenoxy) is 1. The van der Waals surface area contributed by atoms with E-state index in [-0.39, 0.29) is 11.7 Å². The van der Waals surface area contributed by atoms with Crippen LogP contribution < -0.4 is 9.64 Å². The van der Waals surface area contributed by atoms with Gasteiger partial charge >= 0.3 is 0 Å². The molecule has 32 heavy (non-hydrogen) atoms. The predicted molar refractivity (Wildman–Crippen MR) is 123 cm³/mol. The van der Waals surface area contributed by atoms with Gasteiger partial charge in [0.05, 0.1) is 23.6 Å². The van der Waals surface area contributed by atoms with Gasteiger partial charge in [0.15, 0.2) is 0 Å². The van der Waals surface area contributed by atoms with E-state index >= 15 is 0 Å². The third-order valence-corrected chi connectivity index (χ3v) is 5.09. The second-order valence-electron chi connectivity index (χ2n) is 7.81. The SMILES string of the molecule is Cc1cc(F)ccc1Oc1nc2ccc(N(C)C(=O)/C=C/CN(C)C)cc2n2cncc12. The van der Waals surface area contributed by atoms with Crippen molar-refractivity contribution in [1.29, 1.82) is 0 Å². The van der Waals surface area contributed by atoms with Gasteiger partial charge in [-0.25, -0.2) is 14.4 Å². The zero-order valence-corrected chi connectivity index (χ0v) is 18.4. The van der Waals surface area contributed by atoms with Crippen LogP contribution in [0.25, 0.3) is 16.6 Å². The highest BCUT2D eigenvalue weighted by Gasteiger charge is 2.15. The van der Waals surface area contributed by atoms with Crippen LogP contribution in [-0.2, 0) is 4.79 Å². The van der Waals surface area contributed by atoms with E-state index in [0.717, 1.165) is 11.2 Å². The molecule has 0 aliphatic heterocycles. The van der Waals surface area contributed by atoms with Gasteiger partial charge in [-0.1, -0.05) is 6.08 Å². The molecule has 2 aromatic heterocycles. The van der Waals surface area contributed by atoms with Crippen molar-refractivity contribution in [2.75, 3.05) is 32.6 Å². The molecule has 8 heteroatoms. The van der Waals surface area contributed by atoms with Gasteiger partial charge in [-0.05, 0) is 63.0 Å². The number of hydrogen-bond donors (Lipinski definition) is 0. The summed E-state index contributed by atoms with van der Waals surface area (Å²) in [4.78, 5) is 25.0. The Morgan fingerprint density at radius 1 is 1.16 bits per heavy atom. The Morgan fingerprint density at radius 3 is 2.72 bits per heavy atom. The molecule has 0 radical (unpaired) electrons. The number of carbonyl (C=O) groups excluding carboxylic acids is 1. The lowest BCUT2D eigenvalue weighted by atomic mass is 10.2. The fraction of sp³-hybridized carbons (Fsp3) is 0.208. The number of anilines is 1. The van der Waals surface area contributed by atoms with Crippen LogP contribution in [0.5, 0.6) is 11.6 Å². The lowest BCUT2D eigenvalue weighted by Gasteiger charge is -2.17. The number of imidazole rings is 1. The van der Waals surface area contributed by atoms with Crippen molar-refractivity contribution in [3.63, 3.8) is 0 Å². The van der Waals surface area contributed by atoms with Crippen LogP contribution in [0.4, 0.5) is 10.1 Å². The van der Waals surface area contributed by atoms with Crippen LogP contribution in [0.3, 0.4) is 0 Å². The molecule has 0 saturated heterocycles. The van der Waals surface area contributed by atoms with E-state index in [2.05, 4.69) is 9.97 Å². The maximum Gasteiger partial charge on any atom is 0.250 e. The third kappa shape index (κ3) is 4.31. The standard InChI is InChI=1S/C24H24FN5O2/c1-16-12-17(25)7-10-22(16)32-24-21-14-26-15-30(21)20-13-18(8-9-19(20)27-24)29(4)23(31)6-5-11-28(2)3/h5-10,12-15H,11H2,1-4H3/b6-5+. The minimum Gasteiger partial charge on any atom is -0.437 e. The van der Waals surface area contributed by atoms with Crippen molar-refractivity contribution in [2.45, 2.75) is 6.92 Å². The molecular formula is C24H24FN5O2. The van der Waals surface area contributed by atoms with Crippen molar-refractivity contribution >= 4 is 28.1 Å². The van der Waals surface area contributed by atoms with Crippen LogP contribution in [0.2, 0.25) is 0 Å². The Bertz CT molecular complexity index is 1330. The van der Waals surface area contributed by atoms with Crippen molar-refractivity contribution in [2.24, 2.45) is 0 Å². The number of rotatable bonds is 6. The van der Waals surface area contributed by atoms with Gasteiger partial charge in [0.1, 0.15) is 17.1 Å². The largest absolute Gasteiger partial charge is 0.437 e. The number of fused-ring (bicyclic) bond motifs is 3. The van der Waals surface area contributed by atoms with Crippen LogP contribution >= 0.6 is 0 Å². The Kier molecular flexibility index (Phi) is 5.87. The molecule has 4 rings (SSSR count). The normalized spacial score (nSPS) is 11.7. The van der Waals surface area contributed by atoms with E-state index in [0.29, 0.717) is 34.8 Å². The monoisotopic (exact) mass is 433 g/mol. The van der Waals surface area contributed by atoms with Gasteiger partial charge in [-0.2, -0.15) is 0 Å². The Morgan fingerprint density at radius 2 is 1.97 bits per heavy atom. The third-order valence-electron chi connectivity index (χ3n) is 5.09. The van der Waals surface area contributed by atoms with Gasteiger partial charge in [-0.3, -0.25) is 9.20 Å². The topological polar surface area (TPSA) is 63.0 Å². The molecule has 0 bridgehead atoms. The van der Waals surface area contributed by atoms with Gasteiger partial charge in [0.2, 0.25) is 11.8 Å². The van der Waals surface area contributed by atoms with Crippen molar-refractivity contribution < 1.29 is 13.9 Å². The molecule has 0 N–H and O–H groups in total. The molecule has 0 spiro atoms. The fourth-order valence-corrected chi connectivity index (χ4v) is 3.33. The summed E-state index contributed by atoms with van der Waals surface area (Å²) in [6.07, 6.45) is 6.73. The number of aryl methyl sites for hydroxylation is 1. The molecule has 2 aromatic carbocycles. The highest BCUT2D eigenvalue weighted by molar-refractivity contribution is 6.02. The summed E-state index contributed by atoms with van der Waals surface area (Å²) in [6.45, 7) is 2.46. The molecule has 0 fully saturated rings. The van der Waals surface area contributed by atoms with Crippen LogP contribution in [-0.4, -0.2) is 52.9 Å². The molecule has 1 amide bonds. The Balaban J connectivity index is 1.70. The number of hydrogen-bond acceptors (Lipinski definition) is 5. The second-order valence-corrected chi connectivity index (χ2v) is 7.81. The number of benzene rings is 2. The van der Waals surface area contributed by atoms with E-state index in [4.69, 9.17) is 4.74 Å². The summed E-state index contributed by atoms with van der Waals surface area (Å²) in [5, 5.41) is 0. The Hall–Kier alpha value is -3.78. The number of nitrogens with zero attached hydrogens (tertiary/aromatic N) is 5. The summed E-state index contributed by atoms with van der Waals surface area (Å²) in [5.41, 5.74) is 3.53. The quantitative estimate of drug-likeness (QED) is 0.427. The summed E-state index contributed by atoms with van der Waals surface area (Å²) in [5.74, 6) is 0.452. The zero-order chi connectivity index (χ0) is 22.8. The molecule has 0 aliphatic carbocycles. The minimum atomic E-state index is -0.321. The first-order valence-electron chi connectivity index (χ1n) is 10.1. The molecule has 2 heterocycles. The van der Waals surface area contributed by atoms with E-state index in [1.807, 2.05) is 47.7 Å². The average Bonchev–Trinajstić information content (AvgIpc) is 3.25. The first-order chi connectivity index (χ1) is 15.3. The second kappa shape index (κ2) is 8.76. The fourth-order valence-electron chi connectivity index (χ4n) is 3.33. The number of halogens is 1. The highest BCUT2D eigenvalue weighted by Crippen LogP contribution is 2.31. The van der Waals surface area contributed by atoms with E-state index in [1.54, 1.807) is 43.5 Å². The van der Waals surface area contributed by atoms with Gasteiger partial charge in [0, 0.05) is 25.4 Å². The maximum atomic E-state index is 13.4. The number of carbonyl (C=O) groups is 1. The highest BCUT2D eigenvalue weighted by atomic mass is 19.1. The van der Waals surface area contributed by atoms with Gasteiger partial charge in [0.25, 0.3) is 0 Å². The van der Waals surface area contributed by atoms with Crippen LogP contribution in [0, 0.1) is 12.7 Å².